The molecule has 0 spiro atoms. The van der Waals surface area contributed by atoms with Gasteiger partial charge in [-0.15, -0.1) is 12.4 Å². The summed E-state index contributed by atoms with van der Waals surface area (Å²) in [6.07, 6.45) is 0.855. The van der Waals surface area contributed by atoms with E-state index in [9.17, 15) is 4.79 Å². The number of carbonyl (C=O) groups excluding carboxylic acids is 1. The van der Waals surface area contributed by atoms with E-state index in [0.717, 1.165) is 25.1 Å². The summed E-state index contributed by atoms with van der Waals surface area (Å²) in [5.41, 5.74) is 1.13. The molecule has 1 aliphatic rings. The number of hydrogen-bond donors (Lipinski definition) is 1. The normalized spacial score (nSPS) is 23.9. The van der Waals surface area contributed by atoms with Gasteiger partial charge in [0.05, 0.1) is 5.92 Å². The smallest absolute Gasteiger partial charge is 0.230 e. The first-order chi connectivity index (χ1) is 9.13. The molecule has 1 aliphatic heterocycles. The monoisotopic (exact) mass is 296 g/mol. The summed E-state index contributed by atoms with van der Waals surface area (Å²) >= 11 is 0. The first-order valence-electron chi connectivity index (χ1n) is 7.22. The second kappa shape index (κ2) is 7.65. The Morgan fingerprint density at radius 1 is 1.35 bits per heavy atom. The fourth-order valence-electron chi connectivity index (χ4n) is 2.77. The zero-order valence-electron chi connectivity index (χ0n) is 12.5. The molecule has 0 bridgehead atoms. The van der Waals surface area contributed by atoms with E-state index in [-0.39, 0.29) is 30.3 Å². The van der Waals surface area contributed by atoms with E-state index in [0.29, 0.717) is 6.04 Å². The third-order valence-electron chi connectivity index (χ3n) is 3.96. The van der Waals surface area contributed by atoms with Crippen LogP contribution in [0, 0.1) is 0 Å². The Labute approximate surface area is 128 Å². The highest BCUT2D eigenvalue weighted by Crippen LogP contribution is 2.24. The summed E-state index contributed by atoms with van der Waals surface area (Å²) in [5, 5.41) is 3.42. The highest BCUT2D eigenvalue weighted by atomic mass is 35.5. The van der Waals surface area contributed by atoms with Gasteiger partial charge in [-0.2, -0.15) is 0 Å². The van der Waals surface area contributed by atoms with Crippen molar-refractivity contribution >= 4 is 18.3 Å². The maximum Gasteiger partial charge on any atom is 0.230 e. The summed E-state index contributed by atoms with van der Waals surface area (Å²) in [6.45, 7) is 8.04. The van der Waals surface area contributed by atoms with Crippen LogP contribution in [0.1, 0.15) is 38.7 Å². The van der Waals surface area contributed by atoms with Crippen molar-refractivity contribution < 1.29 is 4.79 Å². The van der Waals surface area contributed by atoms with Gasteiger partial charge >= 0.3 is 0 Å². The van der Waals surface area contributed by atoms with E-state index in [1.54, 1.807) is 0 Å². The molecule has 1 fully saturated rings. The van der Waals surface area contributed by atoms with Crippen LogP contribution in [0.3, 0.4) is 0 Å². The van der Waals surface area contributed by atoms with Crippen LogP contribution in [0.4, 0.5) is 0 Å². The lowest BCUT2D eigenvalue weighted by Crippen LogP contribution is -2.57. The van der Waals surface area contributed by atoms with E-state index in [2.05, 4.69) is 38.2 Å². The lowest BCUT2D eigenvalue weighted by molar-refractivity contribution is -0.136. The number of carbonyl (C=O) groups is 1. The van der Waals surface area contributed by atoms with Crippen molar-refractivity contribution in [3.8, 4) is 0 Å². The topological polar surface area (TPSA) is 32.3 Å². The van der Waals surface area contributed by atoms with E-state index >= 15 is 0 Å². The van der Waals surface area contributed by atoms with Crippen molar-refractivity contribution in [3.63, 3.8) is 0 Å². The van der Waals surface area contributed by atoms with Crippen molar-refractivity contribution in [2.75, 3.05) is 13.1 Å². The van der Waals surface area contributed by atoms with Crippen molar-refractivity contribution in [1.29, 1.82) is 0 Å². The number of hydrogen-bond acceptors (Lipinski definition) is 2. The van der Waals surface area contributed by atoms with Crippen LogP contribution in [0.2, 0.25) is 0 Å². The summed E-state index contributed by atoms with van der Waals surface area (Å²) in [4.78, 5) is 14.8. The van der Waals surface area contributed by atoms with Crippen molar-refractivity contribution in [3.05, 3.63) is 35.9 Å². The van der Waals surface area contributed by atoms with Crippen LogP contribution >= 0.6 is 12.4 Å². The van der Waals surface area contributed by atoms with Gasteiger partial charge in [0.15, 0.2) is 0 Å². The maximum atomic E-state index is 12.8. The van der Waals surface area contributed by atoms with Crippen LogP contribution in [0.25, 0.3) is 0 Å². The Balaban J connectivity index is 0.00000200. The standard InChI is InChI=1S/C16H24N2O.ClH/c1-4-15(14-8-6-5-7-9-14)16(19)18-11-12(2)17-10-13(18)3;/h5-9,12-13,15,17H,4,10-11H2,1-3H3;1H. The Hall–Kier alpha value is -1.06. The zero-order chi connectivity index (χ0) is 13.8. The van der Waals surface area contributed by atoms with E-state index < -0.39 is 0 Å². The van der Waals surface area contributed by atoms with E-state index in [4.69, 9.17) is 0 Å². The lowest BCUT2D eigenvalue weighted by atomic mass is 9.94. The molecule has 4 heteroatoms. The average Bonchev–Trinajstić information content (AvgIpc) is 2.43. The molecule has 0 aliphatic carbocycles. The van der Waals surface area contributed by atoms with Gasteiger partial charge in [-0.1, -0.05) is 37.3 Å². The number of amides is 1. The number of halogens is 1. The number of nitrogens with one attached hydrogen (secondary N) is 1. The minimum Gasteiger partial charge on any atom is -0.337 e. The Morgan fingerprint density at radius 3 is 2.60 bits per heavy atom. The predicted octanol–water partition coefficient (Wildman–Crippen LogP) is 2.81. The van der Waals surface area contributed by atoms with Crippen LogP contribution < -0.4 is 5.32 Å². The molecule has 2 rings (SSSR count). The summed E-state index contributed by atoms with van der Waals surface area (Å²) < 4.78 is 0. The number of piperazine rings is 1. The fourth-order valence-corrected chi connectivity index (χ4v) is 2.77. The quantitative estimate of drug-likeness (QED) is 0.930. The minimum atomic E-state index is -0.00560. The van der Waals surface area contributed by atoms with Crippen molar-refractivity contribution in [1.82, 2.24) is 10.2 Å². The minimum absolute atomic E-state index is 0. The molecule has 1 N–H and O–H groups in total. The molecule has 0 aromatic heterocycles. The molecule has 1 aromatic carbocycles. The molecule has 1 heterocycles. The van der Waals surface area contributed by atoms with Gasteiger partial charge in [-0.05, 0) is 25.8 Å². The lowest BCUT2D eigenvalue weighted by Gasteiger charge is -2.39. The van der Waals surface area contributed by atoms with Gasteiger partial charge in [0.1, 0.15) is 0 Å². The Bertz CT molecular complexity index is 424. The van der Waals surface area contributed by atoms with E-state index in [1.165, 1.54) is 0 Å². The molecule has 3 atom stereocenters. The number of benzene rings is 1. The highest BCUT2D eigenvalue weighted by Gasteiger charge is 2.31. The van der Waals surface area contributed by atoms with Crippen LogP contribution in [-0.4, -0.2) is 36.0 Å². The van der Waals surface area contributed by atoms with Gasteiger partial charge in [0.2, 0.25) is 5.91 Å². The second-order valence-electron chi connectivity index (χ2n) is 5.52. The van der Waals surface area contributed by atoms with Crippen molar-refractivity contribution in [2.45, 2.75) is 45.2 Å². The van der Waals surface area contributed by atoms with E-state index in [1.807, 2.05) is 23.1 Å². The molecule has 20 heavy (non-hydrogen) atoms. The molecule has 112 valence electrons. The fraction of sp³-hybridized carbons (Fsp3) is 0.562. The van der Waals surface area contributed by atoms with Crippen LogP contribution in [0.5, 0.6) is 0 Å². The molecule has 1 amide bonds. The molecule has 3 unspecified atom stereocenters. The van der Waals surface area contributed by atoms with Crippen molar-refractivity contribution in [2.24, 2.45) is 0 Å². The molecule has 3 nitrogen and oxygen atoms in total. The Morgan fingerprint density at radius 2 is 2.00 bits per heavy atom. The first kappa shape index (κ1) is 17.0. The molecule has 1 saturated heterocycles. The van der Waals surface area contributed by atoms with Crippen LogP contribution in [0.15, 0.2) is 30.3 Å². The average molecular weight is 297 g/mol. The first-order valence-corrected chi connectivity index (χ1v) is 7.22. The SMILES string of the molecule is CCC(C(=O)N1CC(C)NCC1C)c1ccccc1.Cl. The Kier molecular flexibility index (Phi) is 6.50. The number of nitrogens with zero attached hydrogens (tertiary/aromatic N) is 1. The molecular weight excluding hydrogens is 272 g/mol. The largest absolute Gasteiger partial charge is 0.337 e. The van der Waals surface area contributed by atoms with Gasteiger partial charge in [-0.25, -0.2) is 0 Å². The molecule has 0 saturated carbocycles. The third kappa shape index (κ3) is 3.74. The maximum absolute atomic E-state index is 12.8. The zero-order valence-corrected chi connectivity index (χ0v) is 13.3. The summed E-state index contributed by atoms with van der Waals surface area (Å²) in [5.74, 6) is 0.267. The van der Waals surface area contributed by atoms with Gasteiger partial charge in [0.25, 0.3) is 0 Å². The molecule has 1 aromatic rings. The predicted molar refractivity (Wildman–Crippen MR) is 85.4 cm³/mol. The summed E-state index contributed by atoms with van der Waals surface area (Å²) in [7, 11) is 0. The van der Waals surface area contributed by atoms with Gasteiger partial charge in [0, 0.05) is 25.2 Å². The molecule has 0 radical (unpaired) electrons. The van der Waals surface area contributed by atoms with Gasteiger partial charge < -0.3 is 10.2 Å². The second-order valence-corrected chi connectivity index (χ2v) is 5.52. The van der Waals surface area contributed by atoms with Gasteiger partial charge in [-0.3, -0.25) is 4.79 Å². The summed E-state index contributed by atoms with van der Waals surface area (Å²) in [6, 6.07) is 10.8. The molecular formula is C16H25ClN2O. The third-order valence-corrected chi connectivity index (χ3v) is 3.96. The number of rotatable bonds is 3. The highest BCUT2D eigenvalue weighted by molar-refractivity contribution is 5.85. The van der Waals surface area contributed by atoms with Crippen LogP contribution in [-0.2, 0) is 4.79 Å².